The van der Waals surface area contributed by atoms with Crippen molar-refractivity contribution in [3.8, 4) is 0 Å². The van der Waals surface area contributed by atoms with Gasteiger partial charge in [-0.3, -0.25) is 0 Å². The molecule has 11 atom stereocenters. The van der Waals surface area contributed by atoms with E-state index < -0.39 is 30.7 Å². The van der Waals surface area contributed by atoms with Gasteiger partial charge in [-0.1, -0.05) is 76.2 Å². The van der Waals surface area contributed by atoms with Crippen LogP contribution in [0.4, 0.5) is 0 Å². The fourth-order valence-corrected chi connectivity index (χ4v) is 21.3. The van der Waals surface area contributed by atoms with Crippen LogP contribution < -0.4 is 0 Å². The van der Waals surface area contributed by atoms with Gasteiger partial charge in [-0.2, -0.15) is 0 Å². The summed E-state index contributed by atoms with van der Waals surface area (Å²) in [6, 6.07) is 10.8. The summed E-state index contributed by atoms with van der Waals surface area (Å²) in [4.78, 5) is 0. The van der Waals surface area contributed by atoms with E-state index in [0.717, 1.165) is 6.42 Å². The molecule has 0 N–H and O–H groups in total. The molecule has 5 rings (SSSR count). The fourth-order valence-electron chi connectivity index (χ4n) is 12.5. The molecule has 0 aromatic heterocycles. The molecule has 0 aromatic carbocycles. The van der Waals surface area contributed by atoms with Gasteiger partial charge in [-0.25, -0.2) is 0 Å². The summed E-state index contributed by atoms with van der Waals surface area (Å²) in [6.45, 7) is 31.3. The Bertz CT molecular complexity index is 1050. The Labute approximate surface area is 300 Å². The molecule has 1 heterocycles. The third-order valence-electron chi connectivity index (χ3n) is 16.4. The molecule has 0 spiro atoms. The minimum atomic E-state index is -1.99. The number of hydrogen-bond donors (Lipinski definition) is 0. The predicted octanol–water partition coefficient (Wildman–Crippen LogP) is 11.6. The summed E-state index contributed by atoms with van der Waals surface area (Å²) in [7, 11) is -5.69. The van der Waals surface area contributed by atoms with Crippen molar-refractivity contribution in [3.05, 3.63) is 0 Å². The second kappa shape index (κ2) is 14.7. The largest absolute Gasteiger partial charge is 0.413 e. The second-order valence-electron chi connectivity index (χ2n) is 18.1. The van der Waals surface area contributed by atoms with Crippen molar-refractivity contribution in [2.45, 2.75) is 219 Å². The summed E-state index contributed by atoms with van der Waals surface area (Å²) in [5, 5.41) is 0. The molecule has 48 heavy (non-hydrogen) atoms. The van der Waals surface area contributed by atoms with Crippen molar-refractivity contribution in [3.63, 3.8) is 0 Å². The van der Waals surface area contributed by atoms with Crippen molar-refractivity contribution in [1.29, 1.82) is 0 Å². The lowest BCUT2D eigenvalue weighted by molar-refractivity contribution is -0.236. The van der Waals surface area contributed by atoms with Gasteiger partial charge in [0, 0.05) is 5.92 Å². The molecule has 4 aliphatic carbocycles. The molecule has 1 aliphatic heterocycles. The summed E-state index contributed by atoms with van der Waals surface area (Å²) in [6.07, 6.45) is 8.23. The van der Waals surface area contributed by atoms with Crippen LogP contribution in [-0.4, -0.2) is 61.3 Å². The quantitative estimate of drug-likeness (QED) is 0.158. The van der Waals surface area contributed by atoms with E-state index in [0.29, 0.717) is 29.8 Å². The third-order valence-corrected chi connectivity index (χ3v) is 30.3. The highest BCUT2D eigenvalue weighted by molar-refractivity contribution is 6.74. The van der Waals surface area contributed by atoms with Gasteiger partial charge in [-0.15, -0.1) is 0 Å². The van der Waals surface area contributed by atoms with Crippen molar-refractivity contribution in [2.75, 3.05) is 0 Å². The van der Waals surface area contributed by atoms with Gasteiger partial charge < -0.3 is 22.8 Å². The summed E-state index contributed by atoms with van der Waals surface area (Å²) >= 11 is 0. The van der Waals surface area contributed by atoms with Crippen molar-refractivity contribution >= 4 is 25.0 Å². The lowest BCUT2D eigenvalue weighted by atomic mass is 9.43. The Morgan fingerprint density at radius 1 is 0.521 bits per heavy atom. The van der Waals surface area contributed by atoms with E-state index in [4.69, 9.17) is 22.8 Å². The number of rotatable bonds is 15. The zero-order valence-electron chi connectivity index (χ0n) is 33.8. The van der Waals surface area contributed by atoms with Crippen molar-refractivity contribution in [2.24, 2.45) is 34.5 Å². The molecule has 4 unspecified atom stereocenters. The molecule has 0 amide bonds. The Balaban J connectivity index is 1.67. The maximum absolute atomic E-state index is 8.04. The van der Waals surface area contributed by atoms with Gasteiger partial charge in [0.05, 0.1) is 30.5 Å². The molecule has 280 valence electrons. The third kappa shape index (κ3) is 6.51. The Hall–Kier alpha value is 0.451. The Morgan fingerprint density at radius 3 is 1.50 bits per heavy atom. The minimum Gasteiger partial charge on any atom is -0.413 e. The SMILES string of the molecule is CC[Si](CC)(CC)O[C@@H]1C2C(CC[C@@]3(C)C2CC[C@@H]3O[Si](CC)(CC)CC)[C@@]2(C)CC[C@@H]3OC(C)(C)O[C@H]3C2[C@H]1O[Si](CC)(CC)CC. The van der Waals surface area contributed by atoms with Crippen LogP contribution in [0.15, 0.2) is 0 Å². The van der Waals surface area contributed by atoms with Gasteiger partial charge in [0.2, 0.25) is 0 Å². The molecular formula is C40H78O5Si3. The first-order valence-electron chi connectivity index (χ1n) is 21.1. The summed E-state index contributed by atoms with van der Waals surface area (Å²) in [5.41, 5.74) is 0.365. The van der Waals surface area contributed by atoms with Crippen molar-refractivity contribution in [1.82, 2.24) is 0 Å². The van der Waals surface area contributed by atoms with Crippen molar-refractivity contribution < 1.29 is 22.8 Å². The van der Waals surface area contributed by atoms with Crippen LogP contribution in [0.1, 0.15) is 129 Å². The Morgan fingerprint density at radius 2 is 0.979 bits per heavy atom. The van der Waals surface area contributed by atoms with E-state index in [-0.39, 0.29) is 35.2 Å². The molecule has 5 nitrogen and oxygen atoms in total. The Kier molecular flexibility index (Phi) is 12.1. The lowest BCUT2D eigenvalue weighted by Gasteiger charge is -2.67. The van der Waals surface area contributed by atoms with Crippen LogP contribution in [-0.2, 0) is 22.8 Å². The van der Waals surface area contributed by atoms with Crippen LogP contribution in [0.3, 0.4) is 0 Å². The topological polar surface area (TPSA) is 46.2 Å². The number of hydrogen-bond acceptors (Lipinski definition) is 5. The first-order valence-corrected chi connectivity index (χ1v) is 28.7. The number of ether oxygens (including phenoxy) is 2. The van der Waals surface area contributed by atoms with Crippen LogP contribution in [0.5, 0.6) is 0 Å². The van der Waals surface area contributed by atoms with E-state index in [1.165, 1.54) is 86.5 Å². The molecule has 0 aromatic rings. The lowest BCUT2D eigenvalue weighted by Crippen LogP contribution is -2.71. The average Bonchev–Trinajstić information content (AvgIpc) is 3.59. The second-order valence-corrected chi connectivity index (χ2v) is 32.3. The molecule has 0 bridgehead atoms. The molecule has 5 fully saturated rings. The van der Waals surface area contributed by atoms with Crippen LogP contribution in [0.25, 0.3) is 0 Å². The van der Waals surface area contributed by atoms with E-state index >= 15 is 0 Å². The average molecular weight is 723 g/mol. The highest BCUT2D eigenvalue weighted by Gasteiger charge is 2.70. The molecular weight excluding hydrogens is 645 g/mol. The van der Waals surface area contributed by atoms with E-state index in [1.807, 2.05) is 0 Å². The fraction of sp³-hybridized carbons (Fsp3) is 1.00. The minimum absolute atomic E-state index is 0.0716. The molecule has 5 aliphatic rings. The first-order chi connectivity index (χ1) is 22.7. The van der Waals surface area contributed by atoms with Gasteiger partial charge in [0.1, 0.15) is 0 Å². The highest BCUT2D eigenvalue weighted by atomic mass is 28.4. The van der Waals surface area contributed by atoms with Gasteiger partial charge in [0.15, 0.2) is 30.7 Å². The maximum Gasteiger partial charge on any atom is 0.192 e. The summed E-state index contributed by atoms with van der Waals surface area (Å²) < 4.78 is 37.3. The maximum atomic E-state index is 8.04. The first kappa shape index (κ1) is 39.7. The molecule has 4 saturated carbocycles. The molecule has 8 heteroatoms. The predicted molar refractivity (Wildman–Crippen MR) is 208 cm³/mol. The molecule has 1 saturated heterocycles. The molecule has 0 radical (unpaired) electrons. The number of fused-ring (bicyclic) bond motifs is 7. The highest BCUT2D eigenvalue weighted by Crippen LogP contribution is 2.69. The zero-order chi connectivity index (χ0) is 35.3. The standard InChI is InChI=1S/C40H78O5Si3/c1-14-46(15-2,16-3)43-32-24-23-29-33-30(25-27-39(29,32)12)40(13)28-26-31-35(42-38(10,11)41-31)34(40)37(45-48(20-7,21-8)22-9)36(33)44-47(17-4,18-5)19-6/h29-37H,14-28H2,1-13H3/t29?,30?,31-,32-,33?,34?,35+,36+,37+,39-,40+/m0/s1. The normalized spacial score (nSPS) is 41.1. The summed E-state index contributed by atoms with van der Waals surface area (Å²) in [5.74, 6) is 1.53. The smallest absolute Gasteiger partial charge is 0.192 e. The monoisotopic (exact) mass is 723 g/mol. The zero-order valence-corrected chi connectivity index (χ0v) is 36.8. The van der Waals surface area contributed by atoms with E-state index in [9.17, 15) is 0 Å². The van der Waals surface area contributed by atoms with Gasteiger partial charge >= 0.3 is 0 Å². The van der Waals surface area contributed by atoms with Crippen LogP contribution >= 0.6 is 0 Å². The van der Waals surface area contributed by atoms with E-state index in [2.05, 4.69) is 90.0 Å². The van der Waals surface area contributed by atoms with E-state index in [1.54, 1.807) is 0 Å². The van der Waals surface area contributed by atoms with Gasteiger partial charge in [-0.05, 0) is 135 Å². The van der Waals surface area contributed by atoms with Crippen LogP contribution in [0, 0.1) is 34.5 Å². The van der Waals surface area contributed by atoms with Gasteiger partial charge in [0.25, 0.3) is 0 Å². The van der Waals surface area contributed by atoms with Crippen LogP contribution in [0.2, 0.25) is 54.4 Å².